The number of aryl methyl sites for hydroxylation is 2. The first kappa shape index (κ1) is 19.0. The molecule has 2 heteroatoms. The minimum absolute atomic E-state index is 0.235. The molecule has 0 N–H and O–H groups in total. The first-order valence-corrected chi connectivity index (χ1v) is 9.49. The lowest BCUT2D eigenvalue weighted by molar-refractivity contribution is 0.945. The van der Waals surface area contributed by atoms with E-state index in [1.165, 1.54) is 39.2 Å². The van der Waals surface area contributed by atoms with Crippen LogP contribution in [0.15, 0.2) is 66.7 Å². The van der Waals surface area contributed by atoms with E-state index < -0.39 is 0 Å². The van der Waals surface area contributed by atoms with Crippen molar-refractivity contribution in [1.82, 2.24) is 0 Å². The van der Waals surface area contributed by atoms with Gasteiger partial charge in [0.2, 0.25) is 0 Å². The van der Waals surface area contributed by atoms with Crippen LogP contribution in [0.3, 0.4) is 0 Å². The Labute approximate surface area is 164 Å². The van der Waals surface area contributed by atoms with Gasteiger partial charge in [-0.15, -0.1) is 0 Å². The Hall–Kier alpha value is -2.74. The van der Waals surface area contributed by atoms with E-state index in [9.17, 15) is 0 Å². The summed E-state index contributed by atoms with van der Waals surface area (Å²) >= 11 is 0. The smallest absolute Gasteiger partial charge is 0.0363 e. The van der Waals surface area contributed by atoms with E-state index in [0.29, 0.717) is 0 Å². The molecule has 3 rings (SSSR count). The molecular weight excluding hydrogens is 328 g/mol. The Morgan fingerprint density at radius 1 is 0.593 bits per heavy atom. The zero-order valence-electron chi connectivity index (χ0n) is 17.3. The van der Waals surface area contributed by atoms with E-state index in [1.54, 1.807) is 0 Å². The van der Waals surface area contributed by atoms with Crippen LogP contribution in [0.2, 0.25) is 0 Å². The summed E-state index contributed by atoms with van der Waals surface area (Å²) in [5.41, 5.74) is 9.20. The van der Waals surface area contributed by atoms with Gasteiger partial charge < -0.3 is 9.80 Å². The standard InChI is InChI=1S/C25H30N2/c1-18-16-21(26(3)4)12-14-23(18)25(20-10-8-7-9-11-20)24-15-13-22(27(5)6)17-19(24)2/h7-17,25H,1-6H3. The lowest BCUT2D eigenvalue weighted by atomic mass is 9.81. The van der Waals surface area contributed by atoms with E-state index in [2.05, 4.69) is 119 Å². The SMILES string of the molecule is Cc1cc(N(C)C)ccc1C(c1ccccc1)c1ccc(N(C)C)cc1C. The molecule has 0 fully saturated rings. The highest BCUT2D eigenvalue weighted by Crippen LogP contribution is 2.37. The summed E-state index contributed by atoms with van der Waals surface area (Å²) < 4.78 is 0. The van der Waals surface area contributed by atoms with Crippen molar-refractivity contribution in [1.29, 1.82) is 0 Å². The van der Waals surface area contributed by atoms with Crippen LogP contribution >= 0.6 is 0 Å². The molecule has 3 aromatic carbocycles. The first-order chi connectivity index (χ1) is 12.9. The van der Waals surface area contributed by atoms with Crippen molar-refractivity contribution in [3.05, 3.63) is 94.5 Å². The van der Waals surface area contributed by atoms with Crippen molar-refractivity contribution in [2.75, 3.05) is 38.0 Å². The van der Waals surface area contributed by atoms with Gasteiger partial charge in [-0.2, -0.15) is 0 Å². The fraction of sp³-hybridized carbons (Fsp3) is 0.280. The van der Waals surface area contributed by atoms with Crippen LogP contribution in [0.4, 0.5) is 11.4 Å². The summed E-state index contributed by atoms with van der Waals surface area (Å²) in [4.78, 5) is 4.32. The maximum absolute atomic E-state index is 2.29. The van der Waals surface area contributed by atoms with E-state index in [-0.39, 0.29) is 5.92 Å². The molecule has 0 saturated carbocycles. The minimum Gasteiger partial charge on any atom is -0.378 e. The summed E-state index contributed by atoms with van der Waals surface area (Å²) in [6.45, 7) is 4.45. The Kier molecular flexibility index (Phi) is 5.55. The molecule has 0 bridgehead atoms. The summed E-state index contributed by atoms with van der Waals surface area (Å²) in [5.74, 6) is 0.235. The van der Waals surface area contributed by atoms with Gasteiger partial charge in [0, 0.05) is 45.5 Å². The third kappa shape index (κ3) is 4.00. The predicted octanol–water partition coefficient (Wildman–Crippen LogP) is 5.62. The van der Waals surface area contributed by atoms with Crippen LogP contribution in [0.1, 0.15) is 33.7 Å². The largest absolute Gasteiger partial charge is 0.378 e. The Morgan fingerprint density at radius 3 is 1.41 bits per heavy atom. The highest BCUT2D eigenvalue weighted by molar-refractivity contribution is 5.57. The van der Waals surface area contributed by atoms with Crippen LogP contribution in [0.5, 0.6) is 0 Å². The number of hydrogen-bond acceptors (Lipinski definition) is 2. The van der Waals surface area contributed by atoms with Crippen LogP contribution in [-0.4, -0.2) is 28.2 Å². The third-order valence-electron chi connectivity index (χ3n) is 5.29. The lowest BCUT2D eigenvalue weighted by Gasteiger charge is -2.25. The molecule has 0 aliphatic rings. The number of nitrogens with zero attached hydrogens (tertiary/aromatic N) is 2. The van der Waals surface area contributed by atoms with Crippen molar-refractivity contribution >= 4 is 11.4 Å². The number of benzene rings is 3. The van der Waals surface area contributed by atoms with Crippen LogP contribution < -0.4 is 9.80 Å². The van der Waals surface area contributed by atoms with Gasteiger partial charge in [0.1, 0.15) is 0 Å². The second-order valence-corrected chi connectivity index (χ2v) is 7.71. The summed E-state index contributed by atoms with van der Waals surface area (Å²) in [6, 6.07) is 24.4. The van der Waals surface area contributed by atoms with Crippen molar-refractivity contribution in [2.45, 2.75) is 19.8 Å². The van der Waals surface area contributed by atoms with E-state index >= 15 is 0 Å². The van der Waals surface area contributed by atoms with Gasteiger partial charge in [-0.05, 0) is 65.9 Å². The normalized spacial score (nSPS) is 10.9. The summed E-state index contributed by atoms with van der Waals surface area (Å²) in [5, 5.41) is 0. The second-order valence-electron chi connectivity index (χ2n) is 7.71. The molecule has 27 heavy (non-hydrogen) atoms. The molecule has 0 amide bonds. The molecule has 0 saturated heterocycles. The fourth-order valence-corrected chi connectivity index (χ4v) is 3.70. The highest BCUT2D eigenvalue weighted by Gasteiger charge is 2.21. The summed E-state index contributed by atoms with van der Waals surface area (Å²) in [7, 11) is 8.36. The number of anilines is 2. The minimum atomic E-state index is 0.235. The van der Waals surface area contributed by atoms with Gasteiger partial charge in [-0.1, -0.05) is 42.5 Å². The van der Waals surface area contributed by atoms with Crippen molar-refractivity contribution in [3.8, 4) is 0 Å². The monoisotopic (exact) mass is 358 g/mol. The zero-order valence-corrected chi connectivity index (χ0v) is 17.3. The van der Waals surface area contributed by atoms with E-state index in [1.807, 2.05) is 0 Å². The van der Waals surface area contributed by atoms with Crippen molar-refractivity contribution in [2.24, 2.45) is 0 Å². The molecule has 0 aliphatic carbocycles. The second kappa shape index (κ2) is 7.87. The van der Waals surface area contributed by atoms with E-state index in [4.69, 9.17) is 0 Å². The molecular formula is C25H30N2. The molecule has 0 aliphatic heterocycles. The van der Waals surface area contributed by atoms with Gasteiger partial charge in [0.05, 0.1) is 0 Å². The molecule has 0 spiro atoms. The maximum atomic E-state index is 2.29. The van der Waals surface area contributed by atoms with Gasteiger partial charge in [-0.3, -0.25) is 0 Å². The van der Waals surface area contributed by atoms with Crippen LogP contribution in [0, 0.1) is 13.8 Å². The average Bonchev–Trinajstić information content (AvgIpc) is 2.65. The topological polar surface area (TPSA) is 6.48 Å². The molecule has 140 valence electrons. The zero-order chi connectivity index (χ0) is 19.6. The molecule has 2 nitrogen and oxygen atoms in total. The van der Waals surface area contributed by atoms with Crippen LogP contribution in [0.25, 0.3) is 0 Å². The molecule has 0 heterocycles. The van der Waals surface area contributed by atoms with Gasteiger partial charge in [0.25, 0.3) is 0 Å². The third-order valence-corrected chi connectivity index (χ3v) is 5.29. The maximum Gasteiger partial charge on any atom is 0.0363 e. The average molecular weight is 359 g/mol. The Bertz CT molecular complexity index is 853. The Balaban J connectivity index is 2.17. The fourth-order valence-electron chi connectivity index (χ4n) is 3.70. The Morgan fingerprint density at radius 2 is 1.04 bits per heavy atom. The number of rotatable bonds is 5. The molecule has 0 atom stereocenters. The van der Waals surface area contributed by atoms with Gasteiger partial charge in [0.15, 0.2) is 0 Å². The predicted molar refractivity (Wildman–Crippen MR) is 118 cm³/mol. The molecule has 0 radical (unpaired) electrons. The quantitative estimate of drug-likeness (QED) is 0.547. The summed E-state index contributed by atoms with van der Waals surface area (Å²) in [6.07, 6.45) is 0. The molecule has 0 unspecified atom stereocenters. The van der Waals surface area contributed by atoms with Crippen molar-refractivity contribution < 1.29 is 0 Å². The first-order valence-electron chi connectivity index (χ1n) is 9.49. The molecule has 0 aromatic heterocycles. The van der Waals surface area contributed by atoms with E-state index in [0.717, 1.165) is 0 Å². The highest BCUT2D eigenvalue weighted by atomic mass is 15.1. The number of hydrogen-bond donors (Lipinski definition) is 0. The van der Waals surface area contributed by atoms with Gasteiger partial charge in [-0.25, -0.2) is 0 Å². The molecule has 3 aromatic rings. The van der Waals surface area contributed by atoms with Gasteiger partial charge >= 0.3 is 0 Å². The van der Waals surface area contributed by atoms with Crippen LogP contribution in [-0.2, 0) is 0 Å². The van der Waals surface area contributed by atoms with Crippen molar-refractivity contribution in [3.63, 3.8) is 0 Å². The lowest BCUT2D eigenvalue weighted by Crippen LogP contribution is -2.12.